The molecule has 2 N–H and O–H groups in total. The van der Waals surface area contributed by atoms with Crippen LogP contribution in [0.3, 0.4) is 0 Å². The first-order valence-corrected chi connectivity index (χ1v) is 17.1. The van der Waals surface area contributed by atoms with E-state index in [1.54, 1.807) is 0 Å². The van der Waals surface area contributed by atoms with Gasteiger partial charge in [0, 0.05) is 45.2 Å². The largest absolute Gasteiger partial charge is 0.465 e. The number of aliphatic hydroxyl groups excluding tert-OH is 1. The Hall–Kier alpha value is -1.42. The minimum absolute atomic E-state index is 0.0943. The van der Waals surface area contributed by atoms with E-state index in [4.69, 9.17) is 18.9 Å². The van der Waals surface area contributed by atoms with Crippen LogP contribution in [0, 0.1) is 5.92 Å². The van der Waals surface area contributed by atoms with Gasteiger partial charge in [-0.3, -0.25) is 4.79 Å². The molecule has 1 unspecified atom stereocenters. The molecule has 0 aromatic carbocycles. The average molecular weight is 601 g/mol. The van der Waals surface area contributed by atoms with E-state index in [0.717, 1.165) is 64.6 Å². The minimum atomic E-state index is -0.449. The van der Waals surface area contributed by atoms with Gasteiger partial charge in [-0.25, -0.2) is 4.79 Å². The van der Waals surface area contributed by atoms with Crippen LogP contribution < -0.4 is 5.32 Å². The van der Waals surface area contributed by atoms with Crippen LogP contribution in [0.2, 0.25) is 0 Å². The van der Waals surface area contributed by atoms with Gasteiger partial charge in [0.05, 0.1) is 25.7 Å². The molecule has 1 fully saturated rings. The van der Waals surface area contributed by atoms with Gasteiger partial charge >= 0.3 is 12.1 Å². The second-order valence-corrected chi connectivity index (χ2v) is 12.0. The summed E-state index contributed by atoms with van der Waals surface area (Å²) in [5.74, 6) is -0.379. The summed E-state index contributed by atoms with van der Waals surface area (Å²) in [4.78, 5) is 26.7. The van der Waals surface area contributed by atoms with Crippen LogP contribution >= 0.6 is 0 Å². The number of hydrogen-bond acceptors (Lipinski definition) is 8. The Morgan fingerprint density at radius 3 is 1.95 bits per heavy atom. The van der Waals surface area contributed by atoms with Gasteiger partial charge in [-0.1, -0.05) is 85.0 Å². The number of nitrogens with one attached hydrogen (secondary N) is 1. The number of likely N-dealkylation sites (tertiary alicyclic amines) is 1. The summed E-state index contributed by atoms with van der Waals surface area (Å²) < 4.78 is 22.7. The molecule has 0 bridgehead atoms. The molecule has 0 aromatic rings. The number of unbranched alkanes of at least 4 members (excludes halogenated alkanes) is 10. The van der Waals surface area contributed by atoms with Crippen molar-refractivity contribution in [1.29, 1.82) is 0 Å². The van der Waals surface area contributed by atoms with Gasteiger partial charge in [0.1, 0.15) is 0 Å². The molecule has 9 nitrogen and oxygen atoms in total. The second-order valence-electron chi connectivity index (χ2n) is 12.0. The monoisotopic (exact) mass is 600 g/mol. The zero-order valence-corrected chi connectivity index (χ0v) is 27.3. The van der Waals surface area contributed by atoms with E-state index in [0.29, 0.717) is 26.2 Å². The highest BCUT2D eigenvalue weighted by Gasteiger charge is 2.17. The van der Waals surface area contributed by atoms with E-state index < -0.39 is 6.09 Å². The van der Waals surface area contributed by atoms with Crippen molar-refractivity contribution in [2.75, 3.05) is 52.6 Å². The third kappa shape index (κ3) is 23.1. The third-order valence-corrected chi connectivity index (χ3v) is 7.69. The lowest BCUT2D eigenvalue weighted by Gasteiger charge is -2.29. The molecule has 1 aliphatic rings. The summed E-state index contributed by atoms with van der Waals surface area (Å²) in [6.45, 7) is 11.3. The lowest BCUT2D eigenvalue weighted by Crippen LogP contribution is -2.37. The zero-order valence-electron chi connectivity index (χ0n) is 27.3. The molecule has 0 radical (unpaired) electrons. The van der Waals surface area contributed by atoms with Gasteiger partial charge < -0.3 is 34.3 Å². The van der Waals surface area contributed by atoms with Crippen molar-refractivity contribution in [2.45, 2.75) is 142 Å². The average Bonchev–Trinajstić information content (AvgIpc) is 2.99. The number of carbonyl (C=O) groups is 2. The maximum Gasteiger partial charge on any atom is 0.407 e. The lowest BCUT2D eigenvalue weighted by molar-refractivity contribution is -0.160. The first-order chi connectivity index (χ1) is 20.4. The van der Waals surface area contributed by atoms with E-state index in [9.17, 15) is 14.7 Å². The molecule has 1 rings (SSSR count). The fraction of sp³-hybridized carbons (Fsp3) is 0.939. The molecule has 9 heteroatoms. The van der Waals surface area contributed by atoms with Crippen LogP contribution in [-0.4, -0.2) is 87.1 Å². The number of alkyl carbamates (subject to hydrolysis) is 1. The molecule has 0 aromatic heterocycles. The van der Waals surface area contributed by atoms with Gasteiger partial charge in [-0.05, 0) is 38.6 Å². The van der Waals surface area contributed by atoms with Crippen molar-refractivity contribution in [3.05, 3.63) is 0 Å². The fourth-order valence-electron chi connectivity index (χ4n) is 4.91. The quantitative estimate of drug-likeness (QED) is 0.0617. The second kappa shape index (κ2) is 27.2. The predicted molar refractivity (Wildman–Crippen MR) is 167 cm³/mol. The number of piperidine rings is 1. The molecule has 1 amide bonds. The molecule has 0 aliphatic carbocycles. The Balaban J connectivity index is 2.18. The van der Waals surface area contributed by atoms with Crippen LogP contribution in [0.15, 0.2) is 0 Å². The highest BCUT2D eigenvalue weighted by Crippen LogP contribution is 2.13. The first-order valence-electron chi connectivity index (χ1n) is 17.1. The lowest BCUT2D eigenvalue weighted by atomic mass is 10.1. The summed E-state index contributed by atoms with van der Waals surface area (Å²) in [6.07, 6.45) is 16.6. The third-order valence-electron chi connectivity index (χ3n) is 7.69. The van der Waals surface area contributed by atoms with Crippen LogP contribution in [0.1, 0.15) is 130 Å². The van der Waals surface area contributed by atoms with Gasteiger partial charge in [0.25, 0.3) is 0 Å². The molecule has 42 heavy (non-hydrogen) atoms. The number of rotatable bonds is 27. The maximum absolute atomic E-state index is 12.4. The van der Waals surface area contributed by atoms with E-state index in [1.807, 2.05) is 6.92 Å². The Kier molecular flexibility index (Phi) is 25.0. The maximum atomic E-state index is 12.4. The van der Waals surface area contributed by atoms with Crippen molar-refractivity contribution in [3.63, 3.8) is 0 Å². The summed E-state index contributed by atoms with van der Waals surface area (Å²) in [6, 6.07) is 0. The van der Waals surface area contributed by atoms with Crippen molar-refractivity contribution in [2.24, 2.45) is 5.92 Å². The molecule has 1 saturated heterocycles. The van der Waals surface area contributed by atoms with Crippen molar-refractivity contribution in [1.82, 2.24) is 10.2 Å². The topological polar surface area (TPSA) is 107 Å². The summed E-state index contributed by atoms with van der Waals surface area (Å²) in [5.41, 5.74) is 0. The SMILES string of the molecule is CCCCCCCCOC(CCC(=O)OCC(C)COC(=O)NCCCN1CCC(O)CC1)OCCCCCCCC. The molecule has 0 spiro atoms. The van der Waals surface area contributed by atoms with Crippen LogP contribution in [-0.2, 0) is 23.7 Å². The van der Waals surface area contributed by atoms with Crippen molar-refractivity contribution >= 4 is 12.1 Å². The Bertz CT molecular complexity index is 626. The smallest absolute Gasteiger partial charge is 0.407 e. The highest BCUT2D eigenvalue weighted by atomic mass is 16.7. The molecule has 248 valence electrons. The molecule has 1 atom stereocenters. The number of carbonyl (C=O) groups excluding carboxylic acids is 2. The van der Waals surface area contributed by atoms with Crippen LogP contribution in [0.5, 0.6) is 0 Å². The van der Waals surface area contributed by atoms with E-state index >= 15 is 0 Å². The normalized spacial score (nSPS) is 15.2. The van der Waals surface area contributed by atoms with Crippen LogP contribution in [0.25, 0.3) is 0 Å². The summed E-state index contributed by atoms with van der Waals surface area (Å²) in [7, 11) is 0. The van der Waals surface area contributed by atoms with E-state index in [2.05, 4.69) is 24.1 Å². The standard InChI is InChI=1S/C33H64N2O7/c1-4-6-8-10-12-14-25-39-32(40-26-15-13-11-9-7-5-2)18-17-31(37)41-27-29(3)28-42-33(38)34-21-16-22-35-23-19-30(36)20-24-35/h29-30,32,36H,4-28H2,1-3H3,(H,34,38). The van der Waals surface area contributed by atoms with Gasteiger partial charge in [0.2, 0.25) is 0 Å². The highest BCUT2D eigenvalue weighted by molar-refractivity contribution is 5.69. The zero-order chi connectivity index (χ0) is 30.7. The number of nitrogens with zero attached hydrogens (tertiary/aromatic N) is 1. The number of ether oxygens (including phenoxy) is 4. The fourth-order valence-corrected chi connectivity index (χ4v) is 4.91. The number of amides is 1. The minimum Gasteiger partial charge on any atom is -0.465 e. The summed E-state index contributed by atoms with van der Waals surface area (Å²) >= 11 is 0. The van der Waals surface area contributed by atoms with E-state index in [1.165, 1.54) is 51.4 Å². The van der Waals surface area contributed by atoms with Crippen LogP contribution in [0.4, 0.5) is 4.79 Å². The number of esters is 1. The number of hydrogen-bond donors (Lipinski definition) is 2. The van der Waals surface area contributed by atoms with Gasteiger partial charge in [-0.15, -0.1) is 0 Å². The first kappa shape index (κ1) is 38.6. The Morgan fingerprint density at radius 2 is 1.36 bits per heavy atom. The predicted octanol–water partition coefficient (Wildman–Crippen LogP) is 6.60. The summed E-state index contributed by atoms with van der Waals surface area (Å²) in [5, 5.41) is 12.4. The Morgan fingerprint density at radius 1 is 0.810 bits per heavy atom. The Labute approximate surface area is 256 Å². The molecule has 1 heterocycles. The van der Waals surface area contributed by atoms with Crippen molar-refractivity contribution in [3.8, 4) is 0 Å². The molecular weight excluding hydrogens is 536 g/mol. The van der Waals surface area contributed by atoms with Gasteiger partial charge in [0.15, 0.2) is 6.29 Å². The van der Waals surface area contributed by atoms with Crippen molar-refractivity contribution < 1.29 is 33.6 Å². The van der Waals surface area contributed by atoms with Gasteiger partial charge in [-0.2, -0.15) is 0 Å². The van der Waals surface area contributed by atoms with E-state index in [-0.39, 0.29) is 43.9 Å². The molecule has 1 aliphatic heterocycles. The number of aliphatic hydroxyl groups is 1. The molecule has 0 saturated carbocycles. The molecular formula is C33H64N2O7.